The van der Waals surface area contributed by atoms with Crippen molar-refractivity contribution in [3.8, 4) is 0 Å². The molecular weight excluding hydrogens is 410 g/mol. The number of esters is 1. The topological polar surface area (TPSA) is 84.9 Å². The molecule has 1 heterocycles. The highest BCUT2D eigenvalue weighted by Crippen LogP contribution is 2.46. The summed E-state index contributed by atoms with van der Waals surface area (Å²) in [6.07, 6.45) is -0.793. The van der Waals surface area contributed by atoms with E-state index in [1.165, 1.54) is 7.11 Å². The summed E-state index contributed by atoms with van der Waals surface area (Å²) in [7, 11) is 1.29. The van der Waals surface area contributed by atoms with Gasteiger partial charge in [-0.15, -0.1) is 0 Å². The Hall–Kier alpha value is -2.71. The lowest BCUT2D eigenvalue weighted by atomic mass is 9.96. The summed E-state index contributed by atoms with van der Waals surface area (Å²) in [6.45, 7) is 4.77. The number of amides is 2. The van der Waals surface area contributed by atoms with E-state index in [9.17, 15) is 23.2 Å². The fourth-order valence-electron chi connectivity index (χ4n) is 3.68. The number of nitrogens with zero attached hydrogens (tertiary/aromatic N) is 1. The third-order valence-corrected chi connectivity index (χ3v) is 5.49. The quantitative estimate of drug-likeness (QED) is 0.726. The van der Waals surface area contributed by atoms with Crippen LogP contribution in [0.3, 0.4) is 0 Å². The largest absolute Gasteiger partial charge is 0.465 e. The number of rotatable bonds is 4. The molecule has 0 spiro atoms. The number of carbonyl (C=O) groups excluding carboxylic acids is 3. The predicted octanol–water partition coefficient (Wildman–Crippen LogP) is 3.61. The van der Waals surface area contributed by atoms with Crippen molar-refractivity contribution in [2.24, 2.45) is 0 Å². The van der Waals surface area contributed by atoms with Crippen molar-refractivity contribution in [3.05, 3.63) is 35.4 Å². The molecule has 1 saturated carbocycles. The van der Waals surface area contributed by atoms with Gasteiger partial charge in [-0.05, 0) is 51.3 Å². The Morgan fingerprint density at radius 3 is 2.23 bits per heavy atom. The zero-order valence-electron chi connectivity index (χ0n) is 18.2. The van der Waals surface area contributed by atoms with Crippen molar-refractivity contribution < 1.29 is 32.6 Å². The fraction of sp³-hybridized carbons (Fsp3) is 0.591. The molecule has 2 fully saturated rings. The van der Waals surface area contributed by atoms with E-state index >= 15 is 0 Å². The van der Waals surface area contributed by atoms with Crippen molar-refractivity contribution in [2.45, 2.75) is 69.6 Å². The first-order chi connectivity index (χ1) is 14.4. The molecule has 1 atom stereocenters. The summed E-state index contributed by atoms with van der Waals surface area (Å²) in [5.41, 5.74) is -0.369. The second-order valence-electron chi connectivity index (χ2n) is 9.14. The number of benzene rings is 1. The van der Waals surface area contributed by atoms with E-state index < -0.39 is 53.9 Å². The van der Waals surface area contributed by atoms with E-state index in [1.807, 2.05) is 0 Å². The maximum Gasteiger partial charge on any atom is 0.410 e. The van der Waals surface area contributed by atoms with E-state index in [1.54, 1.807) is 45.0 Å². The van der Waals surface area contributed by atoms with Crippen molar-refractivity contribution in [2.75, 3.05) is 13.7 Å². The first-order valence-corrected chi connectivity index (χ1v) is 10.2. The van der Waals surface area contributed by atoms with Crippen molar-refractivity contribution >= 4 is 18.0 Å². The Kier molecular flexibility index (Phi) is 5.99. The Morgan fingerprint density at radius 2 is 1.71 bits per heavy atom. The molecule has 1 saturated heterocycles. The van der Waals surface area contributed by atoms with Crippen molar-refractivity contribution in [1.82, 2.24) is 10.2 Å². The number of likely N-dealkylation sites (tertiary alicyclic amines) is 1. The van der Waals surface area contributed by atoms with Gasteiger partial charge in [0.15, 0.2) is 0 Å². The molecule has 1 unspecified atom stereocenters. The normalized spacial score (nSPS) is 21.7. The van der Waals surface area contributed by atoms with Crippen LogP contribution in [-0.2, 0) is 19.8 Å². The number of methoxy groups -OCH3 is 1. The van der Waals surface area contributed by atoms with E-state index in [4.69, 9.17) is 4.74 Å². The van der Waals surface area contributed by atoms with Crippen LogP contribution < -0.4 is 5.32 Å². The molecule has 2 aliphatic rings. The van der Waals surface area contributed by atoms with E-state index in [0.717, 1.165) is 10.5 Å². The first kappa shape index (κ1) is 23.0. The Labute approximate surface area is 180 Å². The van der Waals surface area contributed by atoms with E-state index in [2.05, 4.69) is 10.1 Å². The Balaban J connectivity index is 1.77. The third-order valence-electron chi connectivity index (χ3n) is 5.49. The standard InChI is InChI=1S/C22H28F2N2O5/c1-20(2,3)31-19(29)26-12-11-22(23,24)13-16(26)17(27)25-21(9-10-21)15-7-5-14(6-8-15)18(28)30-4/h5-8,16H,9-13H2,1-4H3,(H,25,27). The molecule has 9 heteroatoms. The highest BCUT2D eigenvalue weighted by Gasteiger charge is 2.51. The van der Waals surface area contributed by atoms with Crippen LogP contribution in [0.1, 0.15) is 62.4 Å². The number of hydrogen-bond acceptors (Lipinski definition) is 5. The van der Waals surface area contributed by atoms with Crippen LogP contribution >= 0.6 is 0 Å². The molecule has 0 bridgehead atoms. The van der Waals surface area contributed by atoms with Crippen LogP contribution in [0.4, 0.5) is 13.6 Å². The smallest absolute Gasteiger partial charge is 0.410 e. The molecular formula is C22H28F2N2O5. The number of piperidine rings is 1. The lowest BCUT2D eigenvalue weighted by Crippen LogP contribution is -2.58. The molecule has 1 aliphatic heterocycles. The van der Waals surface area contributed by atoms with Gasteiger partial charge < -0.3 is 14.8 Å². The minimum atomic E-state index is -3.04. The molecule has 7 nitrogen and oxygen atoms in total. The zero-order chi connectivity index (χ0) is 23.0. The number of carbonyl (C=O) groups is 3. The van der Waals surface area contributed by atoms with Crippen LogP contribution in [0.2, 0.25) is 0 Å². The number of ether oxygens (including phenoxy) is 2. The van der Waals surface area contributed by atoms with Gasteiger partial charge in [-0.1, -0.05) is 12.1 Å². The van der Waals surface area contributed by atoms with Gasteiger partial charge in [0.2, 0.25) is 5.91 Å². The monoisotopic (exact) mass is 438 g/mol. The van der Waals surface area contributed by atoms with Gasteiger partial charge in [0.05, 0.1) is 18.2 Å². The molecule has 0 radical (unpaired) electrons. The predicted molar refractivity (Wildman–Crippen MR) is 108 cm³/mol. The highest BCUT2D eigenvalue weighted by molar-refractivity contribution is 5.89. The van der Waals surface area contributed by atoms with Gasteiger partial charge in [-0.3, -0.25) is 9.69 Å². The van der Waals surface area contributed by atoms with Gasteiger partial charge >= 0.3 is 12.1 Å². The minimum Gasteiger partial charge on any atom is -0.465 e. The summed E-state index contributed by atoms with van der Waals surface area (Å²) in [5, 5.41) is 2.86. The number of nitrogens with one attached hydrogen (secondary N) is 1. The van der Waals surface area contributed by atoms with Crippen molar-refractivity contribution in [1.29, 1.82) is 0 Å². The molecule has 170 valence electrons. The van der Waals surface area contributed by atoms with Gasteiger partial charge in [-0.2, -0.15) is 0 Å². The second-order valence-corrected chi connectivity index (χ2v) is 9.14. The summed E-state index contributed by atoms with van der Waals surface area (Å²) >= 11 is 0. The van der Waals surface area contributed by atoms with Crippen LogP contribution in [0.5, 0.6) is 0 Å². The van der Waals surface area contributed by atoms with Gasteiger partial charge in [0.25, 0.3) is 5.92 Å². The maximum absolute atomic E-state index is 14.1. The van der Waals surface area contributed by atoms with Crippen LogP contribution in [0.25, 0.3) is 0 Å². The summed E-state index contributed by atoms with van der Waals surface area (Å²) in [5.74, 6) is -4.16. The minimum absolute atomic E-state index is 0.263. The highest BCUT2D eigenvalue weighted by atomic mass is 19.3. The molecule has 2 amide bonds. The van der Waals surface area contributed by atoms with Gasteiger partial charge in [0, 0.05) is 19.4 Å². The average Bonchev–Trinajstić information content (AvgIpc) is 3.46. The van der Waals surface area contributed by atoms with Crippen LogP contribution in [0, 0.1) is 0 Å². The van der Waals surface area contributed by atoms with E-state index in [-0.39, 0.29) is 6.54 Å². The number of alkyl halides is 2. The van der Waals surface area contributed by atoms with Crippen LogP contribution in [0.15, 0.2) is 24.3 Å². The molecule has 1 aliphatic carbocycles. The molecule has 1 N–H and O–H groups in total. The molecule has 0 aromatic heterocycles. The summed E-state index contributed by atoms with van der Waals surface area (Å²) in [4.78, 5) is 38.3. The maximum atomic E-state index is 14.1. The summed E-state index contributed by atoms with van der Waals surface area (Å²) in [6, 6.07) is 5.27. The SMILES string of the molecule is COC(=O)c1ccc(C2(NC(=O)C3CC(F)(F)CCN3C(=O)OC(C)(C)C)CC2)cc1. The van der Waals surface area contributed by atoms with E-state index in [0.29, 0.717) is 18.4 Å². The lowest BCUT2D eigenvalue weighted by molar-refractivity contribution is -0.137. The summed E-state index contributed by atoms with van der Waals surface area (Å²) < 4.78 is 38.2. The molecule has 31 heavy (non-hydrogen) atoms. The fourth-order valence-corrected chi connectivity index (χ4v) is 3.68. The van der Waals surface area contributed by atoms with Crippen molar-refractivity contribution in [3.63, 3.8) is 0 Å². The lowest BCUT2D eigenvalue weighted by Gasteiger charge is -2.39. The Morgan fingerprint density at radius 1 is 1.10 bits per heavy atom. The Bertz CT molecular complexity index is 860. The van der Waals surface area contributed by atoms with Gasteiger partial charge in [0.1, 0.15) is 11.6 Å². The second kappa shape index (κ2) is 8.09. The number of halogens is 2. The van der Waals surface area contributed by atoms with Gasteiger partial charge in [-0.25, -0.2) is 18.4 Å². The molecule has 3 rings (SSSR count). The average molecular weight is 438 g/mol. The van der Waals surface area contributed by atoms with Crippen LogP contribution in [-0.4, -0.2) is 54.1 Å². The molecule has 1 aromatic rings. The zero-order valence-corrected chi connectivity index (χ0v) is 18.2. The first-order valence-electron chi connectivity index (χ1n) is 10.2. The molecule has 1 aromatic carbocycles. The number of hydrogen-bond donors (Lipinski definition) is 1. The third kappa shape index (κ3) is 5.32.